The second-order valence-electron chi connectivity index (χ2n) is 4.82. The van der Waals surface area contributed by atoms with Crippen molar-refractivity contribution in [2.24, 2.45) is 5.73 Å². The van der Waals surface area contributed by atoms with Crippen LogP contribution in [0.15, 0.2) is 29.7 Å². The number of hydrogen-bond acceptors (Lipinski definition) is 4. The zero-order valence-corrected chi connectivity index (χ0v) is 14.1. The number of fused-ring (bicyclic) bond motifs is 1. The number of imidazole rings is 1. The van der Waals surface area contributed by atoms with Crippen molar-refractivity contribution in [1.29, 1.82) is 0 Å². The fourth-order valence-corrected chi connectivity index (χ4v) is 4.56. The number of halogens is 3. The van der Waals surface area contributed by atoms with E-state index < -0.39 is 11.6 Å². The van der Waals surface area contributed by atoms with Crippen LogP contribution >= 0.6 is 34.0 Å². The van der Waals surface area contributed by atoms with Crippen molar-refractivity contribution in [3.8, 4) is 0 Å². The molecular formula is C14H16ClF2N3S2. The topological polar surface area (TPSA) is 43.8 Å². The van der Waals surface area contributed by atoms with Gasteiger partial charge >= 0.3 is 0 Å². The molecule has 0 radical (unpaired) electrons. The molecule has 1 atom stereocenters. The van der Waals surface area contributed by atoms with Crippen LogP contribution in [-0.4, -0.2) is 21.8 Å². The molecule has 1 aromatic heterocycles. The van der Waals surface area contributed by atoms with E-state index in [1.54, 1.807) is 27.8 Å². The zero-order valence-electron chi connectivity index (χ0n) is 11.7. The van der Waals surface area contributed by atoms with Crippen molar-refractivity contribution in [1.82, 2.24) is 9.55 Å². The molecule has 2 N–H and O–H groups in total. The minimum Gasteiger partial charge on any atom is -0.330 e. The normalized spacial score (nSPS) is 16.4. The van der Waals surface area contributed by atoms with E-state index in [2.05, 4.69) is 4.98 Å². The van der Waals surface area contributed by atoms with Crippen molar-refractivity contribution in [3.63, 3.8) is 0 Å². The Kier molecular flexibility index (Phi) is 6.14. The van der Waals surface area contributed by atoms with E-state index in [1.807, 2.05) is 10.8 Å². The second-order valence-corrected chi connectivity index (χ2v) is 7.20. The van der Waals surface area contributed by atoms with E-state index in [0.29, 0.717) is 18.5 Å². The van der Waals surface area contributed by atoms with Crippen molar-refractivity contribution >= 4 is 34.0 Å². The molecule has 3 rings (SSSR count). The lowest BCUT2D eigenvalue weighted by Crippen LogP contribution is -2.08. The standard InChI is InChI=1S/C14H15F2N3S2.ClH/c15-9-7-11-10(12(16)8-9)1-2-13(11)19-5-4-18-14(19)21-20-6-3-17;/h4-5,7-8,13H,1-3,6,17H2;1H. The number of benzene rings is 1. The summed E-state index contributed by atoms with van der Waals surface area (Å²) in [5, 5.41) is 0.843. The van der Waals surface area contributed by atoms with E-state index in [1.165, 1.54) is 6.07 Å². The quantitative estimate of drug-likeness (QED) is 0.648. The summed E-state index contributed by atoms with van der Waals surface area (Å²) in [6, 6.07) is 2.35. The molecule has 0 saturated carbocycles. The smallest absolute Gasteiger partial charge is 0.179 e. The van der Waals surface area contributed by atoms with Crippen molar-refractivity contribution in [2.75, 3.05) is 12.3 Å². The summed E-state index contributed by atoms with van der Waals surface area (Å²) < 4.78 is 29.3. The van der Waals surface area contributed by atoms with Gasteiger partial charge in [-0.3, -0.25) is 0 Å². The first-order valence-electron chi connectivity index (χ1n) is 6.71. The molecule has 1 aliphatic rings. The third kappa shape index (κ3) is 3.42. The molecule has 0 bridgehead atoms. The molecule has 2 aromatic rings. The molecule has 3 nitrogen and oxygen atoms in total. The summed E-state index contributed by atoms with van der Waals surface area (Å²) in [5.74, 6) is -0.133. The maximum Gasteiger partial charge on any atom is 0.179 e. The first-order valence-corrected chi connectivity index (χ1v) is 9.02. The lowest BCUT2D eigenvalue weighted by Gasteiger charge is -2.16. The maximum atomic E-state index is 13.8. The van der Waals surface area contributed by atoms with Gasteiger partial charge in [-0.25, -0.2) is 13.8 Å². The number of aromatic nitrogens is 2. The van der Waals surface area contributed by atoms with Gasteiger partial charge in [0.25, 0.3) is 0 Å². The van der Waals surface area contributed by atoms with Crippen LogP contribution in [-0.2, 0) is 6.42 Å². The van der Waals surface area contributed by atoms with Gasteiger partial charge in [-0.1, -0.05) is 10.8 Å². The summed E-state index contributed by atoms with van der Waals surface area (Å²) in [6.07, 6.45) is 4.98. The number of hydrogen-bond donors (Lipinski definition) is 1. The lowest BCUT2D eigenvalue weighted by atomic mass is 10.1. The van der Waals surface area contributed by atoms with Gasteiger partial charge in [-0.15, -0.1) is 12.4 Å². The van der Waals surface area contributed by atoms with Crippen LogP contribution in [0.5, 0.6) is 0 Å². The van der Waals surface area contributed by atoms with E-state index in [9.17, 15) is 8.78 Å². The van der Waals surface area contributed by atoms with Gasteiger partial charge in [0.15, 0.2) is 5.16 Å². The van der Waals surface area contributed by atoms with Gasteiger partial charge in [0.05, 0.1) is 6.04 Å². The Labute approximate surface area is 141 Å². The predicted octanol–water partition coefficient (Wildman–Crippen LogP) is 3.82. The Morgan fingerprint density at radius 3 is 2.95 bits per heavy atom. The Morgan fingerprint density at radius 1 is 1.36 bits per heavy atom. The van der Waals surface area contributed by atoms with Gasteiger partial charge in [-0.2, -0.15) is 0 Å². The Morgan fingerprint density at radius 2 is 2.18 bits per heavy atom. The van der Waals surface area contributed by atoms with Crippen molar-refractivity contribution in [3.05, 3.63) is 47.3 Å². The summed E-state index contributed by atoms with van der Waals surface area (Å²) in [4.78, 5) is 4.33. The van der Waals surface area contributed by atoms with Gasteiger partial charge in [-0.05, 0) is 40.8 Å². The molecule has 1 unspecified atom stereocenters. The summed E-state index contributed by atoms with van der Waals surface area (Å²) in [7, 11) is 3.18. The van der Waals surface area contributed by atoms with Crippen molar-refractivity contribution in [2.45, 2.75) is 24.0 Å². The van der Waals surface area contributed by atoms with Gasteiger partial charge in [0.1, 0.15) is 11.6 Å². The molecule has 120 valence electrons. The summed E-state index contributed by atoms with van der Waals surface area (Å²) >= 11 is 0. The molecule has 0 amide bonds. The van der Waals surface area contributed by atoms with E-state index in [-0.39, 0.29) is 18.4 Å². The van der Waals surface area contributed by atoms with Gasteiger partial charge in [0, 0.05) is 30.8 Å². The molecule has 8 heteroatoms. The highest BCUT2D eigenvalue weighted by molar-refractivity contribution is 8.76. The first-order chi connectivity index (χ1) is 10.2. The van der Waals surface area contributed by atoms with Gasteiger partial charge in [0.2, 0.25) is 0 Å². The fraction of sp³-hybridized carbons (Fsp3) is 0.357. The monoisotopic (exact) mass is 363 g/mol. The minimum absolute atomic E-state index is 0. The average Bonchev–Trinajstić information content (AvgIpc) is 3.05. The lowest BCUT2D eigenvalue weighted by molar-refractivity contribution is 0.532. The van der Waals surface area contributed by atoms with E-state index in [4.69, 9.17) is 5.73 Å². The molecule has 0 fully saturated rings. The van der Waals surface area contributed by atoms with Crippen LogP contribution in [0.3, 0.4) is 0 Å². The zero-order chi connectivity index (χ0) is 14.8. The minimum atomic E-state index is -0.523. The third-order valence-electron chi connectivity index (χ3n) is 3.53. The predicted molar refractivity (Wildman–Crippen MR) is 89.7 cm³/mol. The Balaban J connectivity index is 0.00000176. The van der Waals surface area contributed by atoms with Crippen LogP contribution in [0.4, 0.5) is 8.78 Å². The maximum absolute atomic E-state index is 13.8. The SMILES string of the molecule is Cl.NCCSSc1nccn1C1CCc2c(F)cc(F)cc21. The van der Waals surface area contributed by atoms with E-state index >= 15 is 0 Å². The first kappa shape index (κ1) is 17.6. The van der Waals surface area contributed by atoms with Gasteiger partial charge < -0.3 is 10.3 Å². The second kappa shape index (κ2) is 7.68. The fourth-order valence-electron chi connectivity index (χ4n) is 2.65. The molecule has 1 aromatic carbocycles. The molecule has 1 aliphatic carbocycles. The molecule has 0 saturated heterocycles. The Bertz CT molecular complexity index is 651. The average molecular weight is 364 g/mol. The van der Waals surface area contributed by atoms with Crippen molar-refractivity contribution < 1.29 is 8.78 Å². The third-order valence-corrected chi connectivity index (χ3v) is 5.81. The highest BCUT2D eigenvalue weighted by atomic mass is 35.5. The summed E-state index contributed by atoms with van der Waals surface area (Å²) in [5.41, 5.74) is 6.84. The molecule has 0 aliphatic heterocycles. The Hall–Kier alpha value is -0.760. The largest absolute Gasteiger partial charge is 0.330 e. The van der Waals surface area contributed by atoms with Crippen LogP contribution in [0.2, 0.25) is 0 Å². The molecule has 22 heavy (non-hydrogen) atoms. The molecule has 0 spiro atoms. The van der Waals surface area contributed by atoms with Crippen LogP contribution in [0.1, 0.15) is 23.6 Å². The number of nitrogens with two attached hydrogens (primary N) is 1. The van der Waals surface area contributed by atoms with Crippen LogP contribution in [0, 0.1) is 11.6 Å². The van der Waals surface area contributed by atoms with Crippen LogP contribution < -0.4 is 5.73 Å². The highest BCUT2D eigenvalue weighted by Gasteiger charge is 2.28. The highest BCUT2D eigenvalue weighted by Crippen LogP contribution is 2.40. The summed E-state index contributed by atoms with van der Waals surface area (Å²) in [6.45, 7) is 0.612. The van der Waals surface area contributed by atoms with Crippen LogP contribution in [0.25, 0.3) is 0 Å². The van der Waals surface area contributed by atoms with E-state index in [0.717, 1.165) is 29.0 Å². The number of nitrogens with zero attached hydrogens (tertiary/aromatic N) is 2. The number of rotatable bonds is 5. The molecular weight excluding hydrogens is 348 g/mol. The molecule has 1 heterocycles.